The molecule has 3 aliphatic rings. The summed E-state index contributed by atoms with van der Waals surface area (Å²) in [6.07, 6.45) is 6.38. The standard InChI is InChI=1S/C11H18N2O/c1-8-12-11(5-6-11)10(14)13(8)7-9-3-2-4-9/h8-9,12H,2-7H2,1H3. The molecule has 1 atom stereocenters. The topological polar surface area (TPSA) is 32.3 Å². The maximum atomic E-state index is 12.0. The Balaban J connectivity index is 1.69. The second-order valence-electron chi connectivity index (χ2n) is 5.16. The average molecular weight is 194 g/mol. The van der Waals surface area contributed by atoms with Crippen molar-refractivity contribution in [1.29, 1.82) is 0 Å². The zero-order valence-corrected chi connectivity index (χ0v) is 8.75. The van der Waals surface area contributed by atoms with Crippen LogP contribution in [0.2, 0.25) is 0 Å². The Labute approximate surface area is 84.8 Å². The summed E-state index contributed by atoms with van der Waals surface area (Å²) in [5, 5.41) is 3.43. The Morgan fingerprint density at radius 1 is 1.50 bits per heavy atom. The molecule has 3 nitrogen and oxygen atoms in total. The third-order valence-corrected chi connectivity index (χ3v) is 4.05. The zero-order chi connectivity index (χ0) is 9.76. The Bertz CT molecular complexity index is 268. The van der Waals surface area contributed by atoms with Crippen molar-refractivity contribution in [3.8, 4) is 0 Å². The summed E-state index contributed by atoms with van der Waals surface area (Å²) in [5.74, 6) is 1.16. The van der Waals surface area contributed by atoms with E-state index in [9.17, 15) is 4.79 Å². The molecule has 1 heterocycles. The smallest absolute Gasteiger partial charge is 0.244 e. The van der Waals surface area contributed by atoms with Gasteiger partial charge in [0.15, 0.2) is 0 Å². The fourth-order valence-electron chi connectivity index (χ4n) is 2.67. The van der Waals surface area contributed by atoms with Gasteiger partial charge in [-0.05, 0) is 38.5 Å². The molecule has 2 aliphatic carbocycles. The molecule has 1 amide bonds. The highest BCUT2D eigenvalue weighted by molar-refractivity contribution is 5.91. The number of nitrogens with one attached hydrogen (secondary N) is 1. The van der Waals surface area contributed by atoms with Crippen LogP contribution in [0.3, 0.4) is 0 Å². The van der Waals surface area contributed by atoms with E-state index in [1.807, 2.05) is 0 Å². The van der Waals surface area contributed by atoms with Crippen LogP contribution in [0.25, 0.3) is 0 Å². The molecule has 0 aromatic heterocycles. The van der Waals surface area contributed by atoms with Crippen molar-refractivity contribution in [1.82, 2.24) is 10.2 Å². The van der Waals surface area contributed by atoms with Crippen LogP contribution in [-0.4, -0.2) is 29.1 Å². The highest BCUT2D eigenvalue weighted by Crippen LogP contribution is 2.42. The van der Waals surface area contributed by atoms with Crippen LogP contribution in [-0.2, 0) is 4.79 Å². The number of hydrogen-bond acceptors (Lipinski definition) is 2. The van der Waals surface area contributed by atoms with Crippen molar-refractivity contribution in [3.63, 3.8) is 0 Å². The van der Waals surface area contributed by atoms with Crippen molar-refractivity contribution in [2.45, 2.75) is 50.7 Å². The van der Waals surface area contributed by atoms with Crippen LogP contribution in [0.15, 0.2) is 0 Å². The van der Waals surface area contributed by atoms with E-state index >= 15 is 0 Å². The van der Waals surface area contributed by atoms with Gasteiger partial charge in [-0.25, -0.2) is 0 Å². The van der Waals surface area contributed by atoms with Gasteiger partial charge in [-0.15, -0.1) is 0 Å². The second kappa shape index (κ2) is 2.72. The van der Waals surface area contributed by atoms with Crippen LogP contribution < -0.4 is 5.32 Å². The number of carbonyl (C=O) groups excluding carboxylic acids is 1. The van der Waals surface area contributed by atoms with E-state index in [1.54, 1.807) is 0 Å². The SMILES string of the molecule is CC1NC2(CC2)C(=O)N1CC1CCC1. The first kappa shape index (κ1) is 8.72. The van der Waals surface area contributed by atoms with E-state index in [4.69, 9.17) is 0 Å². The number of rotatable bonds is 2. The van der Waals surface area contributed by atoms with E-state index in [1.165, 1.54) is 19.3 Å². The van der Waals surface area contributed by atoms with Gasteiger partial charge in [-0.3, -0.25) is 10.1 Å². The molecule has 78 valence electrons. The van der Waals surface area contributed by atoms with E-state index in [-0.39, 0.29) is 11.7 Å². The van der Waals surface area contributed by atoms with Crippen LogP contribution in [0, 0.1) is 5.92 Å². The molecule has 3 rings (SSSR count). The van der Waals surface area contributed by atoms with Gasteiger partial charge in [0.2, 0.25) is 5.91 Å². The molecule has 0 radical (unpaired) electrons. The maximum Gasteiger partial charge on any atom is 0.244 e. The molecule has 1 saturated heterocycles. The molecular weight excluding hydrogens is 176 g/mol. The summed E-state index contributed by atoms with van der Waals surface area (Å²) in [6, 6.07) is 0. The number of amides is 1. The Kier molecular flexibility index (Phi) is 1.69. The summed E-state index contributed by atoms with van der Waals surface area (Å²) in [7, 11) is 0. The molecule has 0 aromatic rings. The first-order valence-corrected chi connectivity index (χ1v) is 5.80. The fraction of sp³-hybridized carbons (Fsp3) is 0.909. The minimum atomic E-state index is -0.108. The summed E-state index contributed by atoms with van der Waals surface area (Å²) >= 11 is 0. The van der Waals surface area contributed by atoms with Crippen molar-refractivity contribution in [2.75, 3.05) is 6.54 Å². The van der Waals surface area contributed by atoms with Crippen molar-refractivity contribution in [3.05, 3.63) is 0 Å². The summed E-state index contributed by atoms with van der Waals surface area (Å²) in [5.41, 5.74) is -0.108. The van der Waals surface area contributed by atoms with Gasteiger partial charge in [0.25, 0.3) is 0 Å². The van der Waals surface area contributed by atoms with Crippen LogP contribution >= 0.6 is 0 Å². The van der Waals surface area contributed by atoms with Gasteiger partial charge in [0.1, 0.15) is 0 Å². The van der Waals surface area contributed by atoms with Crippen molar-refractivity contribution < 1.29 is 4.79 Å². The van der Waals surface area contributed by atoms with Gasteiger partial charge < -0.3 is 4.90 Å². The predicted octanol–water partition coefficient (Wildman–Crippen LogP) is 1.10. The molecule has 0 aromatic carbocycles. The summed E-state index contributed by atoms with van der Waals surface area (Å²) in [6.45, 7) is 3.11. The average Bonchev–Trinajstić information content (AvgIpc) is 2.78. The first-order chi connectivity index (χ1) is 6.71. The van der Waals surface area contributed by atoms with Crippen LogP contribution in [0.5, 0.6) is 0 Å². The normalized spacial score (nSPS) is 35.1. The monoisotopic (exact) mass is 194 g/mol. The van der Waals surface area contributed by atoms with E-state index in [0.717, 1.165) is 25.3 Å². The highest BCUT2D eigenvalue weighted by atomic mass is 16.2. The lowest BCUT2D eigenvalue weighted by Gasteiger charge is -2.31. The Morgan fingerprint density at radius 2 is 2.21 bits per heavy atom. The van der Waals surface area contributed by atoms with Crippen molar-refractivity contribution in [2.24, 2.45) is 5.92 Å². The predicted molar refractivity (Wildman–Crippen MR) is 53.6 cm³/mol. The molecule has 1 aliphatic heterocycles. The lowest BCUT2D eigenvalue weighted by atomic mass is 9.85. The quantitative estimate of drug-likeness (QED) is 0.714. The van der Waals surface area contributed by atoms with Gasteiger partial charge in [0, 0.05) is 6.54 Å². The van der Waals surface area contributed by atoms with Gasteiger partial charge in [-0.1, -0.05) is 6.42 Å². The van der Waals surface area contributed by atoms with Crippen LogP contribution in [0.4, 0.5) is 0 Å². The largest absolute Gasteiger partial charge is 0.326 e. The Hall–Kier alpha value is -0.570. The first-order valence-electron chi connectivity index (χ1n) is 5.80. The number of carbonyl (C=O) groups is 1. The molecule has 3 heteroatoms. The fourth-order valence-corrected chi connectivity index (χ4v) is 2.67. The minimum absolute atomic E-state index is 0.108. The third kappa shape index (κ3) is 1.11. The lowest BCUT2D eigenvalue weighted by molar-refractivity contribution is -0.131. The maximum absolute atomic E-state index is 12.0. The zero-order valence-electron chi connectivity index (χ0n) is 8.75. The van der Waals surface area contributed by atoms with E-state index < -0.39 is 0 Å². The third-order valence-electron chi connectivity index (χ3n) is 4.05. The van der Waals surface area contributed by atoms with Gasteiger partial charge >= 0.3 is 0 Å². The molecular formula is C11H18N2O. The van der Waals surface area contributed by atoms with Gasteiger partial charge in [0.05, 0.1) is 11.7 Å². The van der Waals surface area contributed by atoms with Crippen LogP contribution in [0.1, 0.15) is 39.0 Å². The Morgan fingerprint density at radius 3 is 2.64 bits per heavy atom. The molecule has 1 N–H and O–H groups in total. The molecule has 1 unspecified atom stereocenters. The van der Waals surface area contributed by atoms with E-state index in [0.29, 0.717) is 5.91 Å². The van der Waals surface area contributed by atoms with Gasteiger partial charge in [-0.2, -0.15) is 0 Å². The minimum Gasteiger partial charge on any atom is -0.326 e. The molecule has 2 saturated carbocycles. The molecule has 0 bridgehead atoms. The molecule has 3 fully saturated rings. The highest BCUT2D eigenvalue weighted by Gasteiger charge is 2.58. The molecule has 1 spiro atoms. The second-order valence-corrected chi connectivity index (χ2v) is 5.16. The number of hydrogen-bond donors (Lipinski definition) is 1. The summed E-state index contributed by atoms with van der Waals surface area (Å²) in [4.78, 5) is 14.1. The lowest BCUT2D eigenvalue weighted by Crippen LogP contribution is -2.40. The molecule has 14 heavy (non-hydrogen) atoms. The van der Waals surface area contributed by atoms with Crippen molar-refractivity contribution >= 4 is 5.91 Å². The van der Waals surface area contributed by atoms with E-state index in [2.05, 4.69) is 17.1 Å². The number of nitrogens with zero attached hydrogens (tertiary/aromatic N) is 1. The summed E-state index contributed by atoms with van der Waals surface area (Å²) < 4.78 is 0.